The molecule has 0 saturated heterocycles. The van der Waals surface area contributed by atoms with E-state index in [1.165, 1.54) is 18.2 Å². The van der Waals surface area contributed by atoms with Gasteiger partial charge in [0, 0.05) is 5.56 Å². The van der Waals surface area contributed by atoms with E-state index in [2.05, 4.69) is 5.32 Å². The summed E-state index contributed by atoms with van der Waals surface area (Å²) in [4.78, 5) is 24.8. The van der Waals surface area contributed by atoms with Crippen molar-refractivity contribution in [1.29, 1.82) is 0 Å². The minimum atomic E-state index is -1.14. The van der Waals surface area contributed by atoms with E-state index < -0.39 is 23.7 Å². The minimum Gasteiger partial charge on any atom is -0.463 e. The molecule has 1 aromatic rings. The molecule has 0 aromatic heterocycles. The Balaban J connectivity index is 2.66. The van der Waals surface area contributed by atoms with Crippen LogP contribution in [0.15, 0.2) is 47.1 Å². The minimum absolute atomic E-state index is 0.0704. The topological polar surface area (TPSA) is 117 Å². The van der Waals surface area contributed by atoms with Gasteiger partial charge in [-0.2, -0.15) is 0 Å². The van der Waals surface area contributed by atoms with Gasteiger partial charge in [-0.15, -0.1) is 0 Å². The maximum Gasteiger partial charge on any atom is 0.338 e. The quantitative estimate of drug-likeness (QED) is 0.678. The molecule has 0 spiro atoms. The first-order valence-corrected chi connectivity index (χ1v) is 7.77. The van der Waals surface area contributed by atoms with Crippen LogP contribution in [-0.4, -0.2) is 25.2 Å². The smallest absolute Gasteiger partial charge is 0.338 e. The Hall–Kier alpha value is -3.03. The van der Waals surface area contributed by atoms with Gasteiger partial charge >= 0.3 is 11.9 Å². The molecule has 0 bridgehead atoms. The molecule has 2 rings (SSSR count). The zero-order chi connectivity index (χ0) is 18.6. The van der Waals surface area contributed by atoms with Gasteiger partial charge in [0.25, 0.3) is 0 Å². The van der Waals surface area contributed by atoms with Crippen LogP contribution in [0.25, 0.3) is 0 Å². The molecule has 0 radical (unpaired) electrons. The molecule has 8 heteroatoms. The molecule has 0 saturated carbocycles. The summed E-state index contributed by atoms with van der Waals surface area (Å²) >= 11 is 0. The molecule has 1 aliphatic heterocycles. The highest BCUT2D eigenvalue weighted by Crippen LogP contribution is 2.38. The standard InChI is InChI=1S/C17H20FN3O4/c1-3-24-16(22)12-11(9-7-5-6-8-10(9)18)13(17(23)25-4-2)15(20)21-14(12)19/h5-8,11,21H,3-4,19-20H2,1-2H3. The van der Waals surface area contributed by atoms with E-state index in [0.29, 0.717) is 0 Å². The normalized spacial score (nSPS) is 15.0. The lowest BCUT2D eigenvalue weighted by molar-refractivity contribution is -0.139. The maximum absolute atomic E-state index is 14.4. The summed E-state index contributed by atoms with van der Waals surface area (Å²) in [5, 5.41) is 2.57. The zero-order valence-electron chi connectivity index (χ0n) is 14.0. The lowest BCUT2D eigenvalue weighted by Gasteiger charge is -2.29. The Labute approximate surface area is 144 Å². The summed E-state index contributed by atoms with van der Waals surface area (Å²) in [6, 6.07) is 5.74. The van der Waals surface area contributed by atoms with Crippen molar-refractivity contribution in [2.24, 2.45) is 11.5 Å². The Morgan fingerprint density at radius 1 is 1.04 bits per heavy atom. The number of carbonyl (C=O) groups excluding carboxylic acids is 2. The third kappa shape index (κ3) is 3.57. The van der Waals surface area contributed by atoms with Gasteiger partial charge in [-0.3, -0.25) is 0 Å². The number of nitrogens with two attached hydrogens (primary N) is 2. The van der Waals surface area contributed by atoms with Crippen molar-refractivity contribution < 1.29 is 23.5 Å². The van der Waals surface area contributed by atoms with E-state index >= 15 is 0 Å². The van der Waals surface area contributed by atoms with Gasteiger partial charge in [-0.05, 0) is 19.9 Å². The summed E-state index contributed by atoms with van der Waals surface area (Å²) in [5.74, 6) is -3.49. The molecular weight excluding hydrogens is 329 g/mol. The molecule has 5 N–H and O–H groups in total. The van der Waals surface area contributed by atoms with Gasteiger partial charge in [0.05, 0.1) is 30.3 Å². The van der Waals surface area contributed by atoms with Crippen molar-refractivity contribution >= 4 is 11.9 Å². The highest BCUT2D eigenvalue weighted by atomic mass is 19.1. The third-order valence-corrected chi connectivity index (χ3v) is 3.63. The van der Waals surface area contributed by atoms with Crippen molar-refractivity contribution in [3.63, 3.8) is 0 Å². The Bertz CT molecular complexity index is 718. The largest absolute Gasteiger partial charge is 0.463 e. The molecule has 1 aliphatic rings. The van der Waals surface area contributed by atoms with Crippen LogP contribution in [0, 0.1) is 5.82 Å². The first kappa shape index (κ1) is 18.3. The van der Waals surface area contributed by atoms with Crippen molar-refractivity contribution in [2.45, 2.75) is 19.8 Å². The number of dihydropyridines is 1. The molecule has 0 atom stereocenters. The van der Waals surface area contributed by atoms with Crippen LogP contribution in [-0.2, 0) is 19.1 Å². The van der Waals surface area contributed by atoms with Gasteiger partial charge in [0.1, 0.15) is 17.5 Å². The predicted octanol–water partition coefficient (Wildman–Crippen LogP) is 0.979. The van der Waals surface area contributed by atoms with Gasteiger partial charge in [-0.25, -0.2) is 14.0 Å². The van der Waals surface area contributed by atoms with Crippen LogP contribution >= 0.6 is 0 Å². The molecule has 0 unspecified atom stereocenters. The van der Waals surface area contributed by atoms with E-state index in [1.807, 2.05) is 0 Å². The summed E-state index contributed by atoms with van der Waals surface area (Å²) < 4.78 is 24.4. The van der Waals surface area contributed by atoms with Gasteiger partial charge in [0.15, 0.2) is 0 Å². The van der Waals surface area contributed by atoms with Crippen LogP contribution in [0.2, 0.25) is 0 Å². The number of hydrogen-bond acceptors (Lipinski definition) is 7. The van der Waals surface area contributed by atoms with Crippen molar-refractivity contribution in [3.8, 4) is 0 Å². The Morgan fingerprint density at radius 2 is 1.52 bits per heavy atom. The fourth-order valence-electron chi connectivity index (χ4n) is 2.63. The average Bonchev–Trinajstić information content (AvgIpc) is 2.54. The first-order chi connectivity index (χ1) is 11.9. The number of nitrogens with one attached hydrogen (secondary N) is 1. The summed E-state index contributed by atoms with van der Waals surface area (Å²) in [6.45, 7) is 3.43. The molecular formula is C17H20FN3O4. The molecule has 0 fully saturated rings. The van der Waals surface area contributed by atoms with Crippen molar-refractivity contribution in [1.82, 2.24) is 5.32 Å². The highest BCUT2D eigenvalue weighted by molar-refractivity contribution is 5.99. The number of benzene rings is 1. The molecule has 1 aromatic carbocycles. The van der Waals surface area contributed by atoms with Crippen molar-refractivity contribution in [2.75, 3.05) is 13.2 Å². The monoisotopic (exact) mass is 349 g/mol. The highest BCUT2D eigenvalue weighted by Gasteiger charge is 2.40. The van der Waals surface area contributed by atoms with Gasteiger partial charge in [-0.1, -0.05) is 18.2 Å². The first-order valence-electron chi connectivity index (χ1n) is 7.77. The summed E-state index contributed by atoms with van der Waals surface area (Å²) in [6.07, 6.45) is 0. The second kappa shape index (κ2) is 7.69. The van der Waals surface area contributed by atoms with E-state index in [4.69, 9.17) is 20.9 Å². The van der Waals surface area contributed by atoms with Crippen LogP contribution < -0.4 is 16.8 Å². The fraction of sp³-hybridized carbons (Fsp3) is 0.294. The van der Waals surface area contributed by atoms with Crippen molar-refractivity contribution in [3.05, 3.63) is 58.4 Å². The summed E-state index contributed by atoms with van der Waals surface area (Å²) in [5.41, 5.74) is 11.7. The molecule has 25 heavy (non-hydrogen) atoms. The third-order valence-electron chi connectivity index (χ3n) is 3.63. The molecule has 134 valence electrons. The number of ether oxygens (including phenoxy) is 2. The van der Waals surface area contributed by atoms with Crippen LogP contribution in [0.5, 0.6) is 0 Å². The lowest BCUT2D eigenvalue weighted by atomic mass is 9.82. The predicted molar refractivity (Wildman–Crippen MR) is 88.0 cm³/mol. The van der Waals surface area contributed by atoms with Gasteiger partial charge < -0.3 is 26.3 Å². The fourth-order valence-corrected chi connectivity index (χ4v) is 2.63. The number of carbonyl (C=O) groups is 2. The lowest BCUT2D eigenvalue weighted by Crippen LogP contribution is -2.39. The van der Waals surface area contributed by atoms with Gasteiger partial charge in [0.2, 0.25) is 0 Å². The van der Waals surface area contributed by atoms with E-state index in [9.17, 15) is 14.0 Å². The number of rotatable bonds is 5. The number of esters is 2. The number of halogens is 1. The molecule has 1 heterocycles. The summed E-state index contributed by atoms with van der Waals surface area (Å²) in [7, 11) is 0. The van der Waals surface area contributed by atoms with Crippen LogP contribution in [0.4, 0.5) is 4.39 Å². The second-order valence-corrected chi connectivity index (χ2v) is 5.18. The average molecular weight is 349 g/mol. The number of hydrogen-bond donors (Lipinski definition) is 3. The molecule has 0 amide bonds. The molecule has 7 nitrogen and oxygen atoms in total. The van der Waals surface area contributed by atoms with E-state index in [0.717, 1.165) is 0 Å². The van der Waals surface area contributed by atoms with Crippen LogP contribution in [0.3, 0.4) is 0 Å². The SMILES string of the molecule is CCOC(=O)C1=C(N)NC(N)=C(C(=O)OCC)C1c1ccccc1F. The van der Waals surface area contributed by atoms with E-state index in [1.54, 1.807) is 19.9 Å². The second-order valence-electron chi connectivity index (χ2n) is 5.18. The zero-order valence-corrected chi connectivity index (χ0v) is 14.0. The Morgan fingerprint density at radius 3 is 1.96 bits per heavy atom. The van der Waals surface area contributed by atoms with E-state index in [-0.39, 0.29) is 41.6 Å². The van der Waals surface area contributed by atoms with Crippen LogP contribution in [0.1, 0.15) is 25.3 Å². The Kier molecular flexibility index (Phi) is 5.63. The molecule has 0 aliphatic carbocycles. The maximum atomic E-state index is 14.4.